The number of para-hydroxylation sites is 2. The highest BCUT2D eigenvalue weighted by molar-refractivity contribution is 9.10. The van der Waals surface area contributed by atoms with Crippen molar-refractivity contribution in [2.75, 3.05) is 4.90 Å². The molecule has 0 saturated carbocycles. The molecule has 1 amide bonds. The number of hydrogen-bond donors (Lipinski definition) is 2. The minimum atomic E-state index is -0.980. The monoisotopic (exact) mass is 490 g/mol. The fourth-order valence-corrected chi connectivity index (χ4v) is 4.25. The molecule has 1 atom stereocenters. The Balaban J connectivity index is 1.67. The summed E-state index contributed by atoms with van der Waals surface area (Å²) in [5.74, 6) is -2.28. The van der Waals surface area contributed by atoms with Crippen LogP contribution in [-0.4, -0.2) is 26.9 Å². The van der Waals surface area contributed by atoms with Crippen molar-refractivity contribution in [2.24, 2.45) is 0 Å². The molecule has 8 heteroatoms. The van der Waals surface area contributed by atoms with Crippen molar-refractivity contribution >= 4 is 44.3 Å². The number of aromatic hydroxyl groups is 1. The lowest BCUT2D eigenvalue weighted by atomic mass is 9.95. The first kappa shape index (κ1) is 20.0. The van der Waals surface area contributed by atoms with E-state index in [1.54, 1.807) is 54.6 Å². The molecule has 0 saturated heterocycles. The predicted molar refractivity (Wildman–Crippen MR) is 120 cm³/mol. The molecule has 0 aliphatic carbocycles. The smallest absolute Gasteiger partial charge is 0.294 e. The first-order chi connectivity index (χ1) is 15.5. The van der Waals surface area contributed by atoms with Crippen LogP contribution in [0, 0.1) is 0 Å². The number of rotatable bonds is 4. The highest BCUT2D eigenvalue weighted by Crippen LogP contribution is 2.44. The molecule has 3 heterocycles. The fraction of sp³-hybridized carbons (Fsp3) is 0.0417. The number of aromatic nitrogens is 1. The number of amides is 1. The molecule has 7 nitrogen and oxygen atoms in total. The number of aliphatic hydroxyl groups excluding tert-OH is 1. The number of fused-ring (bicyclic) bond motifs is 1. The second-order valence-corrected chi connectivity index (χ2v) is 8.15. The number of halogens is 1. The van der Waals surface area contributed by atoms with Crippen LogP contribution >= 0.6 is 15.9 Å². The van der Waals surface area contributed by atoms with E-state index in [4.69, 9.17) is 4.42 Å². The minimum Gasteiger partial charge on any atom is -0.506 e. The van der Waals surface area contributed by atoms with Gasteiger partial charge in [-0.2, -0.15) is 0 Å². The molecule has 5 rings (SSSR count). The highest BCUT2D eigenvalue weighted by atomic mass is 79.9. The largest absolute Gasteiger partial charge is 0.506 e. The molecule has 2 aromatic heterocycles. The van der Waals surface area contributed by atoms with Crippen LogP contribution in [0.15, 0.2) is 93.3 Å². The molecule has 0 spiro atoms. The molecule has 4 aromatic rings. The Hall–Kier alpha value is -3.91. The lowest BCUT2D eigenvalue weighted by Gasteiger charge is -2.27. The molecular formula is C24H15BrN2O5. The number of nitrogens with zero attached hydrogens (tertiary/aromatic N) is 2. The van der Waals surface area contributed by atoms with E-state index >= 15 is 0 Å². The zero-order valence-corrected chi connectivity index (χ0v) is 18.0. The first-order valence-corrected chi connectivity index (χ1v) is 10.4. The second kappa shape index (κ2) is 7.65. The SMILES string of the molecule is O=C(C1=C(O)C(=O)N(c2ccccc2O)C1c1ccncc1)c1cc2cc(Br)ccc2o1. The number of furan rings is 1. The van der Waals surface area contributed by atoms with Gasteiger partial charge in [-0.05, 0) is 54.1 Å². The summed E-state index contributed by atoms with van der Waals surface area (Å²) in [7, 11) is 0. The molecule has 2 aromatic carbocycles. The van der Waals surface area contributed by atoms with Crippen molar-refractivity contribution < 1.29 is 24.2 Å². The van der Waals surface area contributed by atoms with Gasteiger partial charge in [0.25, 0.3) is 5.91 Å². The summed E-state index contributed by atoms with van der Waals surface area (Å²) < 4.78 is 6.54. The van der Waals surface area contributed by atoms with Crippen molar-refractivity contribution in [1.29, 1.82) is 0 Å². The van der Waals surface area contributed by atoms with Gasteiger partial charge in [0, 0.05) is 22.3 Å². The van der Waals surface area contributed by atoms with Gasteiger partial charge in [0.05, 0.1) is 17.3 Å². The lowest BCUT2D eigenvalue weighted by molar-refractivity contribution is -0.117. The summed E-state index contributed by atoms with van der Waals surface area (Å²) >= 11 is 3.39. The van der Waals surface area contributed by atoms with Crippen LogP contribution in [0.3, 0.4) is 0 Å². The van der Waals surface area contributed by atoms with Crippen molar-refractivity contribution in [2.45, 2.75) is 6.04 Å². The van der Waals surface area contributed by atoms with E-state index in [0.717, 1.165) is 4.47 Å². The van der Waals surface area contributed by atoms with E-state index in [2.05, 4.69) is 20.9 Å². The summed E-state index contributed by atoms with van der Waals surface area (Å²) in [4.78, 5) is 31.8. The summed E-state index contributed by atoms with van der Waals surface area (Å²) in [6, 6.07) is 15.4. The maximum atomic E-state index is 13.5. The van der Waals surface area contributed by atoms with Gasteiger partial charge in [-0.3, -0.25) is 19.5 Å². The number of Topliss-reactive ketones (excluding diaryl/α,β-unsaturated/α-hetero) is 1. The lowest BCUT2D eigenvalue weighted by Crippen LogP contribution is -2.31. The standard InChI is InChI=1S/C24H15BrN2O5/c25-15-5-6-18-14(11-15)12-19(32-18)22(29)20-21(13-7-9-26-10-8-13)27(24(31)23(20)30)16-3-1-2-4-17(16)28/h1-12,21,28,30H. The molecule has 158 valence electrons. The molecule has 0 bridgehead atoms. The first-order valence-electron chi connectivity index (χ1n) is 9.64. The predicted octanol–water partition coefficient (Wildman–Crippen LogP) is 5.08. The van der Waals surface area contributed by atoms with Crippen LogP contribution in [-0.2, 0) is 4.79 Å². The normalized spacial score (nSPS) is 16.2. The molecule has 0 fully saturated rings. The third kappa shape index (κ3) is 3.16. The van der Waals surface area contributed by atoms with Gasteiger partial charge in [-0.15, -0.1) is 0 Å². The van der Waals surface area contributed by atoms with Crippen LogP contribution in [0.5, 0.6) is 5.75 Å². The Kier molecular flexibility index (Phi) is 4.79. The third-order valence-electron chi connectivity index (χ3n) is 5.32. The summed E-state index contributed by atoms with van der Waals surface area (Å²) in [6.45, 7) is 0. The summed E-state index contributed by atoms with van der Waals surface area (Å²) in [6.07, 6.45) is 3.05. The van der Waals surface area contributed by atoms with E-state index in [0.29, 0.717) is 16.5 Å². The number of carbonyl (C=O) groups excluding carboxylic acids is 2. The van der Waals surface area contributed by atoms with Gasteiger partial charge in [0.1, 0.15) is 11.3 Å². The average molecular weight is 491 g/mol. The Morgan fingerprint density at radius 2 is 1.78 bits per heavy atom. The van der Waals surface area contributed by atoms with Crippen LogP contribution < -0.4 is 4.90 Å². The summed E-state index contributed by atoms with van der Waals surface area (Å²) in [5.41, 5.74) is 1.08. The van der Waals surface area contributed by atoms with Gasteiger partial charge in [-0.25, -0.2) is 0 Å². The Bertz CT molecular complexity index is 1410. The number of hydrogen-bond acceptors (Lipinski definition) is 6. The number of phenols is 1. The Morgan fingerprint density at radius 1 is 1.03 bits per heavy atom. The van der Waals surface area contributed by atoms with E-state index in [-0.39, 0.29) is 22.8 Å². The third-order valence-corrected chi connectivity index (χ3v) is 5.81. The number of pyridine rings is 1. The zero-order chi connectivity index (χ0) is 22.4. The Labute approximate surface area is 190 Å². The van der Waals surface area contributed by atoms with Crippen molar-refractivity contribution in [1.82, 2.24) is 4.98 Å². The van der Waals surface area contributed by atoms with Gasteiger partial charge in [0.2, 0.25) is 5.78 Å². The number of aliphatic hydroxyl groups is 1. The van der Waals surface area contributed by atoms with Gasteiger partial charge in [-0.1, -0.05) is 28.1 Å². The number of ketones is 1. The molecule has 1 unspecified atom stereocenters. The quantitative estimate of drug-likeness (QED) is 0.386. The highest BCUT2D eigenvalue weighted by Gasteiger charge is 2.46. The molecule has 1 aliphatic heterocycles. The van der Waals surface area contributed by atoms with Crippen molar-refractivity contribution in [3.63, 3.8) is 0 Å². The van der Waals surface area contributed by atoms with Crippen LogP contribution in [0.4, 0.5) is 5.69 Å². The van der Waals surface area contributed by atoms with Gasteiger partial charge >= 0.3 is 0 Å². The van der Waals surface area contributed by atoms with Crippen LogP contribution in [0.2, 0.25) is 0 Å². The number of phenolic OH excluding ortho intramolecular Hbond substituents is 1. The zero-order valence-electron chi connectivity index (χ0n) is 16.4. The average Bonchev–Trinajstić information content (AvgIpc) is 3.33. The van der Waals surface area contributed by atoms with E-state index in [1.165, 1.54) is 23.4 Å². The molecule has 1 aliphatic rings. The number of benzene rings is 2. The molecule has 2 N–H and O–H groups in total. The number of carbonyl (C=O) groups is 2. The van der Waals surface area contributed by atoms with E-state index in [1.807, 2.05) is 0 Å². The van der Waals surface area contributed by atoms with E-state index in [9.17, 15) is 19.8 Å². The molecule has 0 radical (unpaired) electrons. The van der Waals surface area contributed by atoms with Gasteiger partial charge in [0.15, 0.2) is 11.5 Å². The maximum Gasteiger partial charge on any atom is 0.294 e. The summed E-state index contributed by atoms with van der Waals surface area (Å²) in [5, 5.41) is 21.9. The Morgan fingerprint density at radius 3 is 2.53 bits per heavy atom. The topological polar surface area (TPSA) is 104 Å². The van der Waals surface area contributed by atoms with Crippen molar-refractivity contribution in [3.8, 4) is 5.75 Å². The van der Waals surface area contributed by atoms with Crippen LogP contribution in [0.25, 0.3) is 11.0 Å². The second-order valence-electron chi connectivity index (χ2n) is 7.23. The molecule has 32 heavy (non-hydrogen) atoms. The van der Waals surface area contributed by atoms with Crippen molar-refractivity contribution in [3.05, 3.63) is 100 Å². The fourth-order valence-electron chi connectivity index (χ4n) is 3.87. The van der Waals surface area contributed by atoms with Crippen LogP contribution in [0.1, 0.15) is 22.2 Å². The number of anilines is 1. The molecular weight excluding hydrogens is 476 g/mol. The van der Waals surface area contributed by atoms with E-state index < -0.39 is 23.5 Å². The maximum absolute atomic E-state index is 13.5. The van der Waals surface area contributed by atoms with Gasteiger partial charge < -0.3 is 14.6 Å². The minimum absolute atomic E-state index is 0.00867.